The third-order valence-electron chi connectivity index (χ3n) is 3.49. The summed E-state index contributed by atoms with van der Waals surface area (Å²) in [5.41, 5.74) is 7.50. The fraction of sp³-hybridized carbons (Fsp3) is 0.400. The molecular weight excluding hydrogens is 240 g/mol. The number of nitrogen functional groups attached to an aromatic ring is 1. The maximum Gasteiger partial charge on any atom is 0.145 e. The molecule has 19 heavy (non-hydrogen) atoms. The molecule has 1 fully saturated rings. The number of nitrogens with zero attached hydrogens (tertiary/aromatic N) is 1. The van der Waals surface area contributed by atoms with Gasteiger partial charge in [0, 0.05) is 30.3 Å². The van der Waals surface area contributed by atoms with Crippen molar-refractivity contribution >= 4 is 16.6 Å². The molecule has 1 atom stereocenters. The minimum absolute atomic E-state index is 0.355. The number of benzene rings is 1. The molecule has 0 radical (unpaired) electrons. The first-order valence-corrected chi connectivity index (χ1v) is 6.72. The second kappa shape index (κ2) is 5.45. The summed E-state index contributed by atoms with van der Waals surface area (Å²) in [4.78, 5) is 4.36. The van der Waals surface area contributed by atoms with E-state index in [0.29, 0.717) is 12.7 Å². The maximum absolute atomic E-state index is 5.94. The lowest BCUT2D eigenvalue weighted by Crippen LogP contribution is -2.11. The van der Waals surface area contributed by atoms with Crippen LogP contribution in [0.25, 0.3) is 10.9 Å². The summed E-state index contributed by atoms with van der Waals surface area (Å²) in [7, 11) is 0. The molecule has 1 aromatic carbocycles. The lowest BCUT2D eigenvalue weighted by molar-refractivity contribution is 0.0905. The van der Waals surface area contributed by atoms with Gasteiger partial charge in [-0.25, -0.2) is 0 Å². The summed E-state index contributed by atoms with van der Waals surface area (Å²) in [5, 5.41) is 0.942. The Kier molecular flexibility index (Phi) is 3.51. The summed E-state index contributed by atoms with van der Waals surface area (Å²) in [6, 6.07) is 7.60. The molecular formula is C15H18N2O2. The fourth-order valence-electron chi connectivity index (χ4n) is 2.46. The fourth-order valence-corrected chi connectivity index (χ4v) is 2.46. The van der Waals surface area contributed by atoms with Crippen molar-refractivity contribution in [2.45, 2.75) is 25.4 Å². The van der Waals surface area contributed by atoms with Crippen LogP contribution in [-0.2, 0) is 4.74 Å². The van der Waals surface area contributed by atoms with Crippen LogP contribution in [0.3, 0.4) is 0 Å². The van der Waals surface area contributed by atoms with Gasteiger partial charge in [-0.3, -0.25) is 4.98 Å². The summed E-state index contributed by atoms with van der Waals surface area (Å²) >= 11 is 0. The van der Waals surface area contributed by atoms with Crippen LogP contribution in [0.2, 0.25) is 0 Å². The van der Waals surface area contributed by atoms with Crippen LogP contribution in [0, 0.1) is 0 Å². The number of rotatable bonds is 4. The summed E-state index contributed by atoms with van der Waals surface area (Å²) < 4.78 is 11.4. The Morgan fingerprint density at radius 2 is 2.32 bits per heavy atom. The van der Waals surface area contributed by atoms with E-state index < -0.39 is 0 Å². The largest absolute Gasteiger partial charge is 0.491 e. The van der Waals surface area contributed by atoms with E-state index in [1.165, 1.54) is 0 Å². The van der Waals surface area contributed by atoms with Crippen LogP contribution >= 0.6 is 0 Å². The van der Waals surface area contributed by atoms with Crippen molar-refractivity contribution in [3.8, 4) is 5.75 Å². The zero-order valence-corrected chi connectivity index (χ0v) is 10.8. The number of ether oxygens (including phenoxy) is 2. The Labute approximate surface area is 112 Å². The molecule has 0 aliphatic carbocycles. The molecule has 0 bridgehead atoms. The molecule has 1 aliphatic heterocycles. The SMILES string of the molecule is Nc1ccc(OCCC2CCCO2)c2ncccc12. The van der Waals surface area contributed by atoms with Crippen molar-refractivity contribution in [1.82, 2.24) is 4.98 Å². The highest BCUT2D eigenvalue weighted by Crippen LogP contribution is 2.28. The minimum Gasteiger partial charge on any atom is -0.491 e. The van der Waals surface area contributed by atoms with Crippen LogP contribution in [0.4, 0.5) is 5.69 Å². The number of fused-ring (bicyclic) bond motifs is 1. The van der Waals surface area contributed by atoms with Crippen molar-refractivity contribution in [3.05, 3.63) is 30.5 Å². The summed E-state index contributed by atoms with van der Waals surface area (Å²) in [5.74, 6) is 0.794. The third kappa shape index (κ3) is 2.63. The molecule has 100 valence electrons. The quantitative estimate of drug-likeness (QED) is 0.857. The van der Waals surface area contributed by atoms with E-state index in [1.807, 2.05) is 24.3 Å². The molecule has 2 heterocycles. The van der Waals surface area contributed by atoms with E-state index >= 15 is 0 Å². The van der Waals surface area contributed by atoms with Gasteiger partial charge in [0.25, 0.3) is 0 Å². The average molecular weight is 258 g/mol. The number of hydrogen-bond donors (Lipinski definition) is 1. The smallest absolute Gasteiger partial charge is 0.145 e. The molecule has 3 rings (SSSR count). The molecule has 1 aromatic heterocycles. The highest BCUT2D eigenvalue weighted by atomic mass is 16.5. The first-order valence-electron chi connectivity index (χ1n) is 6.72. The molecule has 1 aliphatic rings. The lowest BCUT2D eigenvalue weighted by Gasteiger charge is -2.12. The van der Waals surface area contributed by atoms with Gasteiger partial charge in [0.05, 0.1) is 12.7 Å². The molecule has 2 aromatic rings. The zero-order valence-electron chi connectivity index (χ0n) is 10.8. The number of aromatic nitrogens is 1. The van der Waals surface area contributed by atoms with Gasteiger partial charge in [0.1, 0.15) is 11.3 Å². The van der Waals surface area contributed by atoms with Crippen molar-refractivity contribution in [2.75, 3.05) is 18.9 Å². The molecule has 1 saturated heterocycles. The van der Waals surface area contributed by atoms with E-state index in [1.54, 1.807) is 6.20 Å². The Morgan fingerprint density at radius 1 is 1.37 bits per heavy atom. The van der Waals surface area contributed by atoms with Gasteiger partial charge in [-0.05, 0) is 37.1 Å². The van der Waals surface area contributed by atoms with E-state index in [9.17, 15) is 0 Å². The van der Waals surface area contributed by atoms with Crippen LogP contribution in [0.5, 0.6) is 5.75 Å². The van der Waals surface area contributed by atoms with Crippen LogP contribution in [0.15, 0.2) is 30.5 Å². The number of hydrogen-bond acceptors (Lipinski definition) is 4. The molecule has 0 amide bonds. The van der Waals surface area contributed by atoms with E-state index in [4.69, 9.17) is 15.2 Å². The van der Waals surface area contributed by atoms with Crippen LogP contribution in [0.1, 0.15) is 19.3 Å². The summed E-state index contributed by atoms with van der Waals surface area (Å²) in [6.45, 7) is 1.54. The maximum atomic E-state index is 5.94. The molecule has 4 nitrogen and oxygen atoms in total. The Balaban J connectivity index is 1.72. The van der Waals surface area contributed by atoms with Crippen LogP contribution < -0.4 is 10.5 Å². The predicted molar refractivity (Wildman–Crippen MR) is 75.2 cm³/mol. The van der Waals surface area contributed by atoms with E-state index in [0.717, 1.165) is 48.2 Å². The van der Waals surface area contributed by atoms with Gasteiger partial charge < -0.3 is 15.2 Å². The number of pyridine rings is 1. The first-order chi connectivity index (χ1) is 9.34. The highest BCUT2D eigenvalue weighted by molar-refractivity contribution is 5.94. The van der Waals surface area contributed by atoms with Gasteiger partial charge in [0.2, 0.25) is 0 Å². The molecule has 2 N–H and O–H groups in total. The average Bonchev–Trinajstić information content (AvgIpc) is 2.95. The first kappa shape index (κ1) is 12.2. The normalized spacial score (nSPS) is 18.8. The lowest BCUT2D eigenvalue weighted by atomic mass is 10.1. The Morgan fingerprint density at radius 3 is 3.16 bits per heavy atom. The molecule has 4 heteroatoms. The van der Waals surface area contributed by atoms with E-state index in [-0.39, 0.29) is 0 Å². The van der Waals surface area contributed by atoms with Crippen molar-refractivity contribution in [2.24, 2.45) is 0 Å². The molecule has 1 unspecified atom stereocenters. The third-order valence-corrected chi connectivity index (χ3v) is 3.49. The number of nitrogens with two attached hydrogens (primary N) is 1. The van der Waals surface area contributed by atoms with Crippen LogP contribution in [-0.4, -0.2) is 24.3 Å². The Hall–Kier alpha value is -1.81. The van der Waals surface area contributed by atoms with Crippen molar-refractivity contribution < 1.29 is 9.47 Å². The topological polar surface area (TPSA) is 57.4 Å². The monoisotopic (exact) mass is 258 g/mol. The second-order valence-corrected chi connectivity index (χ2v) is 4.82. The van der Waals surface area contributed by atoms with E-state index in [2.05, 4.69) is 4.98 Å². The van der Waals surface area contributed by atoms with Crippen molar-refractivity contribution in [1.29, 1.82) is 0 Å². The van der Waals surface area contributed by atoms with Gasteiger partial charge in [0.15, 0.2) is 0 Å². The minimum atomic E-state index is 0.355. The van der Waals surface area contributed by atoms with Gasteiger partial charge in [-0.1, -0.05) is 0 Å². The molecule has 0 saturated carbocycles. The zero-order chi connectivity index (χ0) is 13.1. The van der Waals surface area contributed by atoms with Crippen molar-refractivity contribution in [3.63, 3.8) is 0 Å². The second-order valence-electron chi connectivity index (χ2n) is 4.82. The Bertz CT molecular complexity index is 565. The number of anilines is 1. The predicted octanol–water partition coefficient (Wildman–Crippen LogP) is 2.76. The highest BCUT2D eigenvalue weighted by Gasteiger charge is 2.15. The molecule has 0 spiro atoms. The van der Waals surface area contributed by atoms with Gasteiger partial charge in [-0.15, -0.1) is 0 Å². The van der Waals surface area contributed by atoms with Gasteiger partial charge >= 0.3 is 0 Å². The standard InChI is InChI=1S/C15H18N2O2/c16-13-5-6-14(15-12(13)4-1-8-17-15)19-10-7-11-3-2-9-18-11/h1,4-6,8,11H,2-3,7,9-10,16H2. The van der Waals surface area contributed by atoms with Gasteiger partial charge in [-0.2, -0.15) is 0 Å². The summed E-state index contributed by atoms with van der Waals surface area (Å²) in [6.07, 6.45) is 5.35.